The summed E-state index contributed by atoms with van der Waals surface area (Å²) in [5.74, 6) is 0. The molecule has 0 aliphatic carbocycles. The molecule has 0 aromatic carbocycles. The third-order valence-electron chi connectivity index (χ3n) is 12.0. The molecule has 346 valence electrons. The van der Waals surface area contributed by atoms with Crippen molar-refractivity contribution < 1.29 is 63.9 Å². The summed E-state index contributed by atoms with van der Waals surface area (Å²) in [5, 5.41) is 74.2. The number of likely N-dealkylation sites (N-methyl/N-ethyl adjacent to an activating group) is 1. The molecule has 0 radical (unpaired) electrons. The SMILES string of the molecule is CCCCCCCCCCCCCCCCO[C@@H]1O[C@H](CO[C@H]2O[C@H](COCC(O)C[N+](C)(C)CCCCCCCCCCCC)[C@@H](O)[C@H](O)[C@H]2O)[C@@H](O)[C@H](O)[C@H]1O. The first-order valence-electron chi connectivity index (χ1n) is 23.6. The fourth-order valence-corrected chi connectivity index (χ4v) is 8.13. The summed E-state index contributed by atoms with van der Waals surface area (Å²) in [6.07, 6.45) is 15.2. The van der Waals surface area contributed by atoms with Crippen LogP contribution in [0.2, 0.25) is 0 Å². The lowest BCUT2D eigenvalue weighted by molar-refractivity contribution is -0.893. The van der Waals surface area contributed by atoms with Crippen LogP contribution >= 0.6 is 0 Å². The van der Waals surface area contributed by atoms with Crippen LogP contribution in [0.15, 0.2) is 0 Å². The maximum Gasteiger partial charge on any atom is 0.186 e. The second-order valence-corrected chi connectivity index (χ2v) is 18.0. The number of unbranched alkanes of at least 4 members (excludes halogenated alkanes) is 22. The highest BCUT2D eigenvalue weighted by atomic mass is 16.7. The van der Waals surface area contributed by atoms with Gasteiger partial charge < -0.3 is 63.9 Å². The van der Waals surface area contributed by atoms with Gasteiger partial charge >= 0.3 is 0 Å². The van der Waals surface area contributed by atoms with Crippen LogP contribution in [0.5, 0.6) is 0 Å². The Kier molecular flexibility index (Phi) is 29.8. The van der Waals surface area contributed by atoms with Gasteiger partial charge in [0, 0.05) is 6.61 Å². The van der Waals surface area contributed by atoms with Crippen LogP contribution in [0, 0.1) is 0 Å². The van der Waals surface area contributed by atoms with Crippen molar-refractivity contribution in [2.75, 3.05) is 53.6 Å². The fraction of sp³-hybridized carbons (Fsp3) is 1.00. The Hall–Kier alpha value is -0.520. The average Bonchev–Trinajstić information content (AvgIpc) is 3.19. The number of hydrogen-bond acceptors (Lipinski definition) is 12. The molecule has 0 amide bonds. The number of rotatable bonds is 36. The molecule has 13 nitrogen and oxygen atoms in total. The minimum absolute atomic E-state index is 0.000466. The van der Waals surface area contributed by atoms with Gasteiger partial charge in [-0.3, -0.25) is 0 Å². The standard InChI is InChI=1S/C45H90NO12/c1-5-7-9-11-13-15-17-18-19-20-22-24-26-28-30-55-44-42(52)41(51)39(49)37(58-44)34-56-45-43(53)40(50)38(48)36(57-45)33-54-32-35(47)31-46(3,4)29-27-25-23-21-16-14-12-10-8-6-2/h35-45,47-53H,5-34H2,1-4H3/q+1/t35?,36-,37-,38-,39-,40+,41+,42-,43-,44-,45+/m1/s1. The molecule has 2 aliphatic rings. The molecule has 0 aromatic rings. The van der Waals surface area contributed by atoms with E-state index in [-0.39, 0.29) is 19.8 Å². The topological polar surface area (TPSA) is 188 Å². The molecular formula is C45H90NO12+. The van der Waals surface area contributed by atoms with Gasteiger partial charge in [0.1, 0.15) is 61.5 Å². The lowest BCUT2D eigenvalue weighted by atomic mass is 9.98. The van der Waals surface area contributed by atoms with E-state index in [0.29, 0.717) is 17.6 Å². The maximum atomic E-state index is 10.7. The largest absolute Gasteiger partial charge is 0.387 e. The summed E-state index contributed by atoms with van der Waals surface area (Å²) in [4.78, 5) is 0. The van der Waals surface area contributed by atoms with E-state index in [9.17, 15) is 35.7 Å². The van der Waals surface area contributed by atoms with E-state index in [2.05, 4.69) is 27.9 Å². The molecule has 7 N–H and O–H groups in total. The quantitative estimate of drug-likeness (QED) is 0.0311. The lowest BCUT2D eigenvalue weighted by Crippen LogP contribution is -2.61. The van der Waals surface area contributed by atoms with Crippen molar-refractivity contribution in [2.45, 2.75) is 235 Å². The number of quaternary nitrogens is 1. The minimum atomic E-state index is -1.62. The van der Waals surface area contributed by atoms with Gasteiger partial charge in [0.05, 0.1) is 40.5 Å². The summed E-state index contributed by atoms with van der Waals surface area (Å²) in [6.45, 7) is 5.71. The van der Waals surface area contributed by atoms with Crippen molar-refractivity contribution in [3.8, 4) is 0 Å². The predicted octanol–water partition coefficient (Wildman–Crippen LogP) is 5.49. The monoisotopic (exact) mass is 837 g/mol. The Labute approximate surface area is 352 Å². The van der Waals surface area contributed by atoms with Crippen LogP contribution in [-0.4, -0.2) is 161 Å². The Morgan fingerprint density at radius 2 is 0.845 bits per heavy atom. The lowest BCUT2D eigenvalue weighted by Gasteiger charge is -2.43. The fourth-order valence-electron chi connectivity index (χ4n) is 8.13. The molecule has 2 fully saturated rings. The van der Waals surface area contributed by atoms with Crippen molar-refractivity contribution >= 4 is 0 Å². The Morgan fingerprint density at radius 3 is 1.29 bits per heavy atom. The highest BCUT2D eigenvalue weighted by Gasteiger charge is 2.47. The normalized spacial score (nSPS) is 28.6. The van der Waals surface area contributed by atoms with Crippen LogP contribution in [-0.2, 0) is 23.7 Å². The summed E-state index contributed by atoms with van der Waals surface area (Å²) in [6, 6.07) is 0. The molecule has 2 saturated heterocycles. The van der Waals surface area contributed by atoms with Crippen molar-refractivity contribution in [2.24, 2.45) is 0 Å². The first-order valence-corrected chi connectivity index (χ1v) is 23.6. The van der Waals surface area contributed by atoms with E-state index < -0.39 is 67.5 Å². The zero-order valence-corrected chi connectivity index (χ0v) is 37.2. The van der Waals surface area contributed by atoms with E-state index in [1.165, 1.54) is 128 Å². The van der Waals surface area contributed by atoms with Crippen molar-refractivity contribution in [3.63, 3.8) is 0 Å². The average molecular weight is 837 g/mol. The van der Waals surface area contributed by atoms with Gasteiger partial charge in [-0.2, -0.15) is 0 Å². The summed E-state index contributed by atoms with van der Waals surface area (Å²) >= 11 is 0. The first kappa shape index (κ1) is 53.6. The van der Waals surface area contributed by atoms with Gasteiger partial charge in [0.2, 0.25) is 0 Å². The van der Waals surface area contributed by atoms with Crippen molar-refractivity contribution in [1.29, 1.82) is 0 Å². The number of nitrogens with zero attached hydrogens (tertiary/aromatic N) is 1. The number of ether oxygens (including phenoxy) is 5. The van der Waals surface area contributed by atoms with Gasteiger partial charge in [-0.15, -0.1) is 0 Å². The molecule has 11 atom stereocenters. The van der Waals surface area contributed by atoms with E-state index in [4.69, 9.17) is 23.7 Å². The zero-order valence-electron chi connectivity index (χ0n) is 37.2. The Morgan fingerprint density at radius 1 is 0.466 bits per heavy atom. The molecule has 0 spiro atoms. The van der Waals surface area contributed by atoms with Gasteiger partial charge in [0.15, 0.2) is 12.6 Å². The molecule has 2 rings (SSSR count). The second kappa shape index (κ2) is 32.2. The minimum Gasteiger partial charge on any atom is -0.387 e. The molecular weight excluding hydrogens is 746 g/mol. The predicted molar refractivity (Wildman–Crippen MR) is 226 cm³/mol. The smallest absolute Gasteiger partial charge is 0.186 e. The number of aliphatic hydroxyl groups excluding tert-OH is 7. The molecule has 58 heavy (non-hydrogen) atoms. The molecule has 2 heterocycles. The third kappa shape index (κ3) is 22.5. The Balaban J connectivity index is 1.66. The van der Waals surface area contributed by atoms with Gasteiger partial charge in [-0.25, -0.2) is 0 Å². The second-order valence-electron chi connectivity index (χ2n) is 18.0. The molecule has 2 aliphatic heterocycles. The zero-order chi connectivity index (χ0) is 42.6. The highest BCUT2D eigenvalue weighted by molar-refractivity contribution is 4.92. The van der Waals surface area contributed by atoms with E-state index in [1.807, 2.05) is 0 Å². The Bertz CT molecular complexity index is 965. The molecule has 0 bridgehead atoms. The molecule has 1 unspecified atom stereocenters. The molecule has 0 saturated carbocycles. The van der Waals surface area contributed by atoms with Crippen LogP contribution < -0.4 is 0 Å². The van der Waals surface area contributed by atoms with Crippen LogP contribution in [0.4, 0.5) is 0 Å². The number of aliphatic hydroxyl groups is 7. The van der Waals surface area contributed by atoms with Crippen LogP contribution in [0.3, 0.4) is 0 Å². The van der Waals surface area contributed by atoms with Crippen molar-refractivity contribution in [3.05, 3.63) is 0 Å². The maximum absolute atomic E-state index is 10.7. The molecule has 0 aromatic heterocycles. The summed E-state index contributed by atoms with van der Waals surface area (Å²) < 4.78 is 29.4. The molecule has 13 heteroatoms. The van der Waals surface area contributed by atoms with Gasteiger partial charge in [-0.05, 0) is 19.3 Å². The van der Waals surface area contributed by atoms with Crippen LogP contribution in [0.1, 0.15) is 168 Å². The van der Waals surface area contributed by atoms with E-state index in [1.54, 1.807) is 0 Å². The van der Waals surface area contributed by atoms with Gasteiger partial charge in [-0.1, -0.05) is 149 Å². The number of hydrogen-bond donors (Lipinski definition) is 7. The van der Waals surface area contributed by atoms with Crippen molar-refractivity contribution in [1.82, 2.24) is 0 Å². The van der Waals surface area contributed by atoms with Gasteiger partial charge in [0.25, 0.3) is 0 Å². The highest BCUT2D eigenvalue weighted by Crippen LogP contribution is 2.27. The summed E-state index contributed by atoms with van der Waals surface area (Å²) in [5.41, 5.74) is 0. The van der Waals surface area contributed by atoms with E-state index in [0.717, 1.165) is 32.2 Å². The first-order chi connectivity index (χ1) is 27.9. The summed E-state index contributed by atoms with van der Waals surface area (Å²) in [7, 11) is 4.18. The third-order valence-corrected chi connectivity index (χ3v) is 12.0. The van der Waals surface area contributed by atoms with Crippen LogP contribution in [0.25, 0.3) is 0 Å². The van der Waals surface area contributed by atoms with E-state index >= 15 is 0 Å².